The Balaban J connectivity index is 2.57. The van der Waals surface area contributed by atoms with E-state index in [9.17, 15) is 0 Å². The molecule has 0 amide bonds. The molecule has 0 saturated carbocycles. The van der Waals surface area contributed by atoms with E-state index in [2.05, 4.69) is 21.0 Å². The van der Waals surface area contributed by atoms with Crippen molar-refractivity contribution in [1.82, 2.24) is 9.78 Å². The molecule has 0 aliphatic rings. The van der Waals surface area contributed by atoms with E-state index in [4.69, 9.17) is 10.2 Å². The van der Waals surface area contributed by atoms with Crippen molar-refractivity contribution < 1.29 is 4.42 Å². The summed E-state index contributed by atoms with van der Waals surface area (Å²) in [5.74, 6) is 1.68. The zero-order valence-corrected chi connectivity index (χ0v) is 10.2. The van der Waals surface area contributed by atoms with Gasteiger partial charge in [0.25, 0.3) is 0 Å². The van der Waals surface area contributed by atoms with E-state index in [1.165, 1.54) is 0 Å². The third-order valence-electron chi connectivity index (χ3n) is 2.22. The quantitative estimate of drug-likeness (QED) is 0.910. The van der Waals surface area contributed by atoms with Gasteiger partial charge in [-0.1, -0.05) is 0 Å². The zero-order valence-electron chi connectivity index (χ0n) is 8.62. The van der Waals surface area contributed by atoms with E-state index in [1.54, 1.807) is 4.68 Å². The first-order valence-electron chi connectivity index (χ1n) is 4.61. The van der Waals surface area contributed by atoms with E-state index in [1.807, 2.05) is 26.1 Å². The minimum absolute atomic E-state index is 0.411. The number of furan rings is 1. The summed E-state index contributed by atoms with van der Waals surface area (Å²) >= 11 is 3.48. The van der Waals surface area contributed by atoms with Crippen molar-refractivity contribution in [3.8, 4) is 11.5 Å². The van der Waals surface area contributed by atoms with Crippen LogP contribution in [0.15, 0.2) is 21.0 Å². The van der Waals surface area contributed by atoms with Gasteiger partial charge in [0, 0.05) is 13.6 Å². The summed E-state index contributed by atoms with van der Waals surface area (Å²) in [4.78, 5) is 0. The van der Waals surface area contributed by atoms with Gasteiger partial charge in [-0.15, -0.1) is 0 Å². The Morgan fingerprint density at radius 3 is 2.73 bits per heavy atom. The van der Waals surface area contributed by atoms with E-state index in [-0.39, 0.29) is 0 Å². The molecule has 2 heterocycles. The molecule has 0 unspecified atom stereocenters. The van der Waals surface area contributed by atoms with Gasteiger partial charge in [0.1, 0.15) is 11.5 Å². The Bertz CT molecular complexity index is 487. The fourth-order valence-corrected chi connectivity index (χ4v) is 2.21. The molecule has 15 heavy (non-hydrogen) atoms. The van der Waals surface area contributed by atoms with E-state index >= 15 is 0 Å². The Morgan fingerprint density at radius 1 is 1.53 bits per heavy atom. The first kappa shape index (κ1) is 10.4. The molecule has 2 rings (SSSR count). The average Bonchev–Trinajstić information content (AvgIpc) is 2.71. The van der Waals surface area contributed by atoms with Crippen LogP contribution in [0.3, 0.4) is 0 Å². The summed E-state index contributed by atoms with van der Waals surface area (Å²) in [5, 5.41) is 4.30. The van der Waals surface area contributed by atoms with Crippen molar-refractivity contribution in [2.45, 2.75) is 13.5 Å². The van der Waals surface area contributed by atoms with Crippen molar-refractivity contribution in [3.63, 3.8) is 0 Å². The molecule has 0 radical (unpaired) electrons. The first-order chi connectivity index (χ1) is 7.13. The molecule has 0 bridgehead atoms. The number of nitrogens with zero attached hydrogens (tertiary/aromatic N) is 2. The molecular weight excluding hydrogens is 258 g/mol. The largest absolute Gasteiger partial charge is 0.460 e. The molecule has 0 fully saturated rings. The molecule has 2 aromatic heterocycles. The summed E-state index contributed by atoms with van der Waals surface area (Å²) in [5.41, 5.74) is 7.33. The Hall–Kier alpha value is -1.07. The zero-order chi connectivity index (χ0) is 11.0. The molecule has 0 spiro atoms. The van der Waals surface area contributed by atoms with Crippen molar-refractivity contribution in [2.75, 3.05) is 0 Å². The fraction of sp³-hybridized carbons (Fsp3) is 0.300. The number of aryl methyl sites for hydroxylation is 2. The van der Waals surface area contributed by atoms with Gasteiger partial charge >= 0.3 is 0 Å². The van der Waals surface area contributed by atoms with Crippen LogP contribution in [0.5, 0.6) is 0 Å². The molecule has 0 aliphatic carbocycles. The summed E-state index contributed by atoms with van der Waals surface area (Å²) in [6, 6.07) is 3.86. The van der Waals surface area contributed by atoms with Crippen LogP contribution in [0.2, 0.25) is 0 Å². The third-order valence-corrected chi connectivity index (χ3v) is 3.06. The van der Waals surface area contributed by atoms with E-state index in [0.29, 0.717) is 6.54 Å². The van der Waals surface area contributed by atoms with Crippen LogP contribution < -0.4 is 5.73 Å². The number of halogens is 1. The van der Waals surface area contributed by atoms with E-state index < -0.39 is 0 Å². The number of nitrogens with two attached hydrogens (primary N) is 1. The fourth-order valence-electron chi connectivity index (χ4n) is 1.51. The van der Waals surface area contributed by atoms with Crippen molar-refractivity contribution >= 4 is 15.9 Å². The van der Waals surface area contributed by atoms with Gasteiger partial charge in [0.05, 0.1) is 10.2 Å². The van der Waals surface area contributed by atoms with Crippen LogP contribution in [0.4, 0.5) is 0 Å². The van der Waals surface area contributed by atoms with Crippen LogP contribution in [-0.4, -0.2) is 9.78 Å². The average molecular weight is 270 g/mol. The second kappa shape index (κ2) is 3.83. The molecule has 0 aliphatic heterocycles. The molecule has 80 valence electrons. The van der Waals surface area contributed by atoms with Crippen LogP contribution in [0.1, 0.15) is 11.5 Å². The van der Waals surface area contributed by atoms with Crippen LogP contribution in [0.25, 0.3) is 11.5 Å². The number of rotatable bonds is 2. The Kier molecular flexibility index (Phi) is 2.67. The molecule has 5 heteroatoms. The normalized spacial score (nSPS) is 10.9. The molecule has 4 nitrogen and oxygen atoms in total. The second-order valence-electron chi connectivity index (χ2n) is 3.35. The number of hydrogen-bond acceptors (Lipinski definition) is 3. The highest BCUT2D eigenvalue weighted by molar-refractivity contribution is 9.10. The third kappa shape index (κ3) is 1.72. The predicted octanol–water partition coefficient (Wildman–Crippen LogP) is 2.21. The predicted molar refractivity (Wildman–Crippen MR) is 61.2 cm³/mol. The lowest BCUT2D eigenvalue weighted by atomic mass is 10.3. The topological polar surface area (TPSA) is 57.0 Å². The molecule has 0 atom stereocenters. The molecule has 0 saturated heterocycles. The van der Waals surface area contributed by atoms with Gasteiger partial charge in [-0.05, 0) is 35.0 Å². The maximum Gasteiger partial charge on any atom is 0.153 e. The van der Waals surface area contributed by atoms with Crippen LogP contribution in [-0.2, 0) is 13.6 Å². The Morgan fingerprint density at radius 2 is 2.27 bits per heavy atom. The second-order valence-corrected chi connectivity index (χ2v) is 4.14. The van der Waals surface area contributed by atoms with Gasteiger partial charge in [0.2, 0.25) is 0 Å². The van der Waals surface area contributed by atoms with Crippen LogP contribution >= 0.6 is 15.9 Å². The Labute approximate surface area is 96.2 Å². The number of hydrogen-bond donors (Lipinski definition) is 1. The maximum absolute atomic E-state index is 5.58. The van der Waals surface area contributed by atoms with Crippen molar-refractivity contribution in [2.24, 2.45) is 12.8 Å². The van der Waals surface area contributed by atoms with Gasteiger partial charge in [0.15, 0.2) is 5.76 Å². The van der Waals surface area contributed by atoms with Gasteiger partial charge in [-0.3, -0.25) is 4.68 Å². The molecule has 2 aromatic rings. The van der Waals surface area contributed by atoms with Gasteiger partial charge in [-0.25, -0.2) is 0 Å². The molecule has 0 aromatic carbocycles. The standard InChI is InChI=1S/C10H12BrN3O/c1-6-3-4-8(15-6)10-9(11)7(5-12)13-14(10)2/h3-4H,5,12H2,1-2H3. The lowest BCUT2D eigenvalue weighted by molar-refractivity contribution is 0.541. The first-order valence-corrected chi connectivity index (χ1v) is 5.41. The lowest BCUT2D eigenvalue weighted by Gasteiger charge is -1.97. The highest BCUT2D eigenvalue weighted by Gasteiger charge is 2.16. The van der Waals surface area contributed by atoms with Crippen molar-refractivity contribution in [1.29, 1.82) is 0 Å². The summed E-state index contributed by atoms with van der Waals surface area (Å²) in [6.07, 6.45) is 0. The highest BCUT2D eigenvalue weighted by Crippen LogP contribution is 2.31. The minimum Gasteiger partial charge on any atom is -0.460 e. The van der Waals surface area contributed by atoms with Gasteiger partial charge < -0.3 is 10.2 Å². The summed E-state index contributed by atoms with van der Waals surface area (Å²) in [6.45, 7) is 2.33. The van der Waals surface area contributed by atoms with E-state index in [0.717, 1.165) is 27.4 Å². The number of aromatic nitrogens is 2. The van der Waals surface area contributed by atoms with Crippen LogP contribution in [0, 0.1) is 6.92 Å². The summed E-state index contributed by atoms with van der Waals surface area (Å²) in [7, 11) is 1.87. The van der Waals surface area contributed by atoms with Gasteiger partial charge in [-0.2, -0.15) is 5.10 Å². The molecule has 2 N–H and O–H groups in total. The SMILES string of the molecule is Cc1ccc(-c2c(Br)c(CN)nn2C)o1. The smallest absolute Gasteiger partial charge is 0.153 e. The minimum atomic E-state index is 0.411. The summed E-state index contributed by atoms with van der Waals surface area (Å²) < 4.78 is 8.23. The van der Waals surface area contributed by atoms with Crippen molar-refractivity contribution in [3.05, 3.63) is 28.1 Å². The monoisotopic (exact) mass is 269 g/mol. The maximum atomic E-state index is 5.58. The molecular formula is C10H12BrN3O. The highest BCUT2D eigenvalue weighted by atomic mass is 79.9. The lowest BCUT2D eigenvalue weighted by Crippen LogP contribution is -1.99.